The van der Waals surface area contributed by atoms with E-state index in [-0.39, 0.29) is 10.1 Å². The summed E-state index contributed by atoms with van der Waals surface area (Å²) >= 11 is 1.25. The van der Waals surface area contributed by atoms with Crippen LogP contribution in [0, 0.1) is 22.0 Å². The summed E-state index contributed by atoms with van der Waals surface area (Å²) in [4.78, 5) is 46.0. The van der Waals surface area contributed by atoms with Gasteiger partial charge in [0, 0.05) is 22.0 Å². The number of aromatic nitrogens is 1. The molecule has 0 saturated carbocycles. The van der Waals surface area contributed by atoms with Crippen LogP contribution in [0.15, 0.2) is 72.8 Å². The molecule has 2 bridgehead atoms. The van der Waals surface area contributed by atoms with E-state index in [2.05, 4.69) is 4.98 Å². The van der Waals surface area contributed by atoms with Gasteiger partial charge in [0.2, 0.25) is 11.8 Å². The van der Waals surface area contributed by atoms with Crippen molar-refractivity contribution in [2.75, 3.05) is 4.90 Å². The first-order chi connectivity index (χ1) is 16.0. The van der Waals surface area contributed by atoms with Crippen LogP contribution < -0.4 is 4.90 Å². The Kier molecular flexibility index (Phi) is 3.45. The third kappa shape index (κ3) is 2.03. The van der Waals surface area contributed by atoms with Crippen molar-refractivity contribution >= 4 is 38.5 Å². The predicted molar refractivity (Wildman–Crippen MR) is 122 cm³/mol. The van der Waals surface area contributed by atoms with Crippen LogP contribution in [0.4, 0.5) is 5.13 Å². The second-order valence-electron chi connectivity index (χ2n) is 8.66. The lowest BCUT2D eigenvalue weighted by molar-refractivity contribution is -0.578. The minimum atomic E-state index is -1.81. The Labute approximate surface area is 191 Å². The number of rotatable bonds is 2. The molecule has 1 fully saturated rings. The first-order valence-corrected chi connectivity index (χ1v) is 11.4. The number of thiazole rings is 1. The second kappa shape index (κ2) is 6.11. The zero-order valence-corrected chi connectivity index (χ0v) is 17.9. The van der Waals surface area contributed by atoms with Gasteiger partial charge < -0.3 is 0 Å². The third-order valence-corrected chi connectivity index (χ3v) is 8.36. The minimum absolute atomic E-state index is 0.270. The number of para-hydroxylation sites is 1. The van der Waals surface area contributed by atoms with Crippen molar-refractivity contribution in [2.45, 2.75) is 11.5 Å². The highest BCUT2D eigenvalue weighted by Gasteiger charge is 2.75. The maximum atomic E-state index is 13.9. The van der Waals surface area contributed by atoms with Crippen molar-refractivity contribution in [1.82, 2.24) is 4.98 Å². The number of fused-ring (bicyclic) bond motifs is 1. The van der Waals surface area contributed by atoms with Crippen LogP contribution in [0.1, 0.15) is 28.2 Å². The van der Waals surface area contributed by atoms with Crippen molar-refractivity contribution in [3.63, 3.8) is 0 Å². The number of imide groups is 1. The summed E-state index contributed by atoms with van der Waals surface area (Å²) in [5.41, 5.74) is 1.39. The van der Waals surface area contributed by atoms with Gasteiger partial charge >= 0.3 is 0 Å². The average molecular weight is 453 g/mol. The predicted octanol–water partition coefficient (Wildman–Crippen LogP) is 4.08. The highest BCUT2D eigenvalue weighted by Crippen LogP contribution is 2.64. The first kappa shape index (κ1) is 18.6. The number of carbonyl (C=O) groups is 2. The van der Waals surface area contributed by atoms with Gasteiger partial charge in [-0.3, -0.25) is 19.7 Å². The van der Waals surface area contributed by atoms with Crippen molar-refractivity contribution < 1.29 is 14.5 Å². The molecule has 2 heterocycles. The summed E-state index contributed by atoms with van der Waals surface area (Å²) < 4.78 is 0.849. The first-order valence-electron chi connectivity index (χ1n) is 10.6. The van der Waals surface area contributed by atoms with Crippen LogP contribution in [-0.4, -0.2) is 21.7 Å². The molecule has 0 unspecified atom stereocenters. The van der Waals surface area contributed by atoms with E-state index >= 15 is 0 Å². The molecule has 160 valence electrons. The summed E-state index contributed by atoms with van der Waals surface area (Å²) in [6, 6.07) is 21.7. The van der Waals surface area contributed by atoms with E-state index in [0.717, 1.165) is 20.7 Å². The van der Waals surface area contributed by atoms with Gasteiger partial charge in [-0.2, -0.15) is 0 Å². The molecule has 1 saturated heterocycles. The molecule has 3 aliphatic carbocycles. The number of nitrogens with zero attached hydrogens (tertiary/aromatic N) is 3. The van der Waals surface area contributed by atoms with Crippen LogP contribution in [0.5, 0.6) is 0 Å². The molecule has 0 radical (unpaired) electrons. The smallest absolute Gasteiger partial charge is 0.274 e. The molecule has 8 heteroatoms. The quantitative estimate of drug-likeness (QED) is 0.259. The number of benzene rings is 3. The van der Waals surface area contributed by atoms with Gasteiger partial charge in [-0.05, 0) is 23.3 Å². The summed E-state index contributed by atoms with van der Waals surface area (Å²) in [5.74, 6) is -3.35. The van der Waals surface area contributed by atoms with Crippen LogP contribution >= 0.6 is 11.3 Å². The van der Waals surface area contributed by atoms with E-state index in [1.807, 2.05) is 48.5 Å². The van der Waals surface area contributed by atoms with Crippen LogP contribution in [0.3, 0.4) is 0 Å². The molecule has 8 rings (SSSR count). The SMILES string of the molecule is O=C1[C@@H]2C3c4ccccc4C([N+](=O)[O-])(c4ccccc43)[C@H]2C(=O)N1c1nc2ccccc2s1. The lowest BCUT2D eigenvalue weighted by Crippen LogP contribution is -2.57. The lowest BCUT2D eigenvalue weighted by atomic mass is 9.51. The molecular weight excluding hydrogens is 438 g/mol. The molecule has 0 N–H and O–H groups in total. The summed E-state index contributed by atoms with van der Waals surface area (Å²) in [5, 5.41) is 13.2. The monoisotopic (exact) mass is 453 g/mol. The highest BCUT2D eigenvalue weighted by molar-refractivity contribution is 7.22. The Morgan fingerprint density at radius 3 is 2.12 bits per heavy atom. The van der Waals surface area contributed by atoms with Crippen molar-refractivity contribution in [1.29, 1.82) is 0 Å². The molecule has 33 heavy (non-hydrogen) atoms. The van der Waals surface area contributed by atoms with E-state index in [9.17, 15) is 19.7 Å². The molecule has 1 aliphatic heterocycles. The molecular formula is C25H15N3O4S. The minimum Gasteiger partial charge on any atom is -0.274 e. The van der Waals surface area contributed by atoms with Gasteiger partial charge in [0.25, 0.3) is 5.54 Å². The Morgan fingerprint density at radius 2 is 1.48 bits per heavy atom. The fourth-order valence-electron chi connectivity index (χ4n) is 6.19. The number of nitro groups is 1. The van der Waals surface area contributed by atoms with Crippen molar-refractivity contribution in [3.05, 3.63) is 105 Å². The Balaban J connectivity index is 1.52. The molecule has 2 atom stereocenters. The van der Waals surface area contributed by atoms with E-state index in [0.29, 0.717) is 16.6 Å². The number of hydrogen-bond donors (Lipinski definition) is 0. The molecule has 0 spiro atoms. The highest BCUT2D eigenvalue weighted by atomic mass is 32.1. The zero-order chi connectivity index (χ0) is 22.5. The number of amides is 2. The second-order valence-corrected chi connectivity index (χ2v) is 9.66. The molecule has 2 amide bonds. The van der Waals surface area contributed by atoms with Crippen molar-refractivity contribution in [3.8, 4) is 0 Å². The fourth-order valence-corrected chi connectivity index (χ4v) is 7.16. The van der Waals surface area contributed by atoms with Crippen LogP contribution in [0.25, 0.3) is 10.2 Å². The largest absolute Gasteiger partial charge is 0.285 e. The fraction of sp³-hybridized carbons (Fsp3) is 0.160. The summed E-state index contributed by atoms with van der Waals surface area (Å²) in [6.45, 7) is 0. The Hall–Kier alpha value is -3.91. The van der Waals surface area contributed by atoms with E-state index < -0.39 is 35.1 Å². The Morgan fingerprint density at radius 1 is 0.879 bits per heavy atom. The van der Waals surface area contributed by atoms with Gasteiger partial charge in [-0.25, -0.2) is 9.88 Å². The average Bonchev–Trinajstić information content (AvgIpc) is 3.37. The molecule has 4 aromatic rings. The van der Waals surface area contributed by atoms with Gasteiger partial charge in [0.15, 0.2) is 5.13 Å². The zero-order valence-electron chi connectivity index (χ0n) is 17.0. The van der Waals surface area contributed by atoms with Gasteiger partial charge in [-0.15, -0.1) is 0 Å². The maximum absolute atomic E-state index is 13.9. The van der Waals surface area contributed by atoms with E-state index in [4.69, 9.17) is 0 Å². The van der Waals surface area contributed by atoms with E-state index in [1.165, 1.54) is 11.3 Å². The van der Waals surface area contributed by atoms with Crippen LogP contribution in [0.2, 0.25) is 0 Å². The molecule has 4 aliphatic rings. The van der Waals surface area contributed by atoms with E-state index in [1.54, 1.807) is 24.3 Å². The molecule has 1 aromatic heterocycles. The number of carbonyl (C=O) groups excluding carboxylic acids is 2. The molecule has 7 nitrogen and oxygen atoms in total. The standard InChI is InChI=1S/C25H15N3O4S/c29-22-20-19-13-7-1-3-9-15(13)25(28(31)32,16-10-4-2-8-14(16)19)21(20)23(30)27(22)24-26-17-11-5-6-12-18(17)33-24/h1-12,19-21H/t19?,20-,21-,25?/m1/s1. The maximum Gasteiger partial charge on any atom is 0.285 e. The van der Waals surface area contributed by atoms with Crippen molar-refractivity contribution in [2.24, 2.45) is 11.8 Å². The third-order valence-electron chi connectivity index (χ3n) is 7.34. The Bertz CT molecular complexity index is 1460. The number of hydrogen-bond acceptors (Lipinski definition) is 6. The van der Waals surface area contributed by atoms with Gasteiger partial charge in [-0.1, -0.05) is 72.0 Å². The normalized spacial score (nSPS) is 26.9. The lowest BCUT2D eigenvalue weighted by Gasteiger charge is -2.48. The molecule has 3 aromatic carbocycles. The van der Waals surface area contributed by atoms with Crippen LogP contribution in [-0.2, 0) is 15.1 Å². The summed E-state index contributed by atoms with van der Waals surface area (Å²) in [7, 11) is 0. The van der Waals surface area contributed by atoms with Gasteiger partial charge in [0.05, 0.1) is 16.1 Å². The topological polar surface area (TPSA) is 93.4 Å². The number of anilines is 1. The van der Waals surface area contributed by atoms with Gasteiger partial charge in [0.1, 0.15) is 5.92 Å². The summed E-state index contributed by atoms with van der Waals surface area (Å²) in [6.07, 6.45) is 0.